The lowest BCUT2D eigenvalue weighted by atomic mass is 9.96. The fourth-order valence-corrected chi connectivity index (χ4v) is 3.22. The Morgan fingerprint density at radius 1 is 1.04 bits per heavy atom. The summed E-state index contributed by atoms with van der Waals surface area (Å²) in [6.45, 7) is 0.474. The summed E-state index contributed by atoms with van der Waals surface area (Å²) in [6.07, 6.45) is 12.1. The minimum absolute atomic E-state index is 0.0179. The van der Waals surface area contributed by atoms with Gasteiger partial charge in [-0.2, -0.15) is 0 Å². The van der Waals surface area contributed by atoms with Crippen molar-refractivity contribution < 1.29 is 9.53 Å². The van der Waals surface area contributed by atoms with E-state index < -0.39 is 0 Å². The number of nitrogens with one attached hydrogen (secondary N) is 1. The summed E-state index contributed by atoms with van der Waals surface area (Å²) in [5.41, 5.74) is 1.71. The Bertz CT molecular complexity index is 647. The van der Waals surface area contributed by atoms with Gasteiger partial charge in [0.05, 0.1) is 0 Å². The fourth-order valence-electron chi connectivity index (χ4n) is 3.22. The average molecular weight is 338 g/mol. The van der Waals surface area contributed by atoms with E-state index in [-0.39, 0.29) is 5.91 Å². The highest BCUT2D eigenvalue weighted by Crippen LogP contribution is 2.18. The van der Waals surface area contributed by atoms with E-state index in [1.54, 1.807) is 12.4 Å². The Hall–Kier alpha value is -2.36. The topological polar surface area (TPSA) is 51.2 Å². The summed E-state index contributed by atoms with van der Waals surface area (Å²) in [5, 5.41) is 3.19. The summed E-state index contributed by atoms with van der Waals surface area (Å²) < 4.78 is 5.74. The van der Waals surface area contributed by atoms with Crippen LogP contribution in [0.4, 0.5) is 0 Å². The Morgan fingerprint density at radius 3 is 2.44 bits per heavy atom. The largest absolute Gasteiger partial charge is 0.489 e. The van der Waals surface area contributed by atoms with Crippen LogP contribution in [0.3, 0.4) is 0 Å². The van der Waals surface area contributed by atoms with E-state index in [0.717, 1.165) is 24.2 Å². The lowest BCUT2D eigenvalue weighted by Gasteiger charge is -2.21. The first-order valence-corrected chi connectivity index (χ1v) is 9.24. The molecule has 1 fully saturated rings. The van der Waals surface area contributed by atoms with Gasteiger partial charge in [0.25, 0.3) is 5.91 Å². The summed E-state index contributed by atoms with van der Waals surface area (Å²) in [4.78, 5) is 16.5. The molecule has 0 spiro atoms. The Morgan fingerprint density at radius 2 is 1.76 bits per heavy atom. The molecule has 0 aliphatic heterocycles. The van der Waals surface area contributed by atoms with E-state index in [9.17, 15) is 4.79 Å². The van der Waals surface area contributed by atoms with Crippen LogP contribution in [-0.2, 0) is 6.61 Å². The number of carbonyl (C=O) groups is 1. The maximum absolute atomic E-state index is 12.4. The van der Waals surface area contributed by atoms with Crippen molar-refractivity contribution in [2.75, 3.05) is 0 Å². The monoisotopic (exact) mass is 338 g/mol. The number of nitrogens with zero attached hydrogens (tertiary/aromatic N) is 1. The predicted molar refractivity (Wildman–Crippen MR) is 98.6 cm³/mol. The van der Waals surface area contributed by atoms with Crippen LogP contribution in [0.15, 0.2) is 48.8 Å². The van der Waals surface area contributed by atoms with Gasteiger partial charge in [-0.05, 0) is 43.2 Å². The first-order chi connectivity index (χ1) is 12.3. The number of amides is 1. The summed E-state index contributed by atoms with van der Waals surface area (Å²) >= 11 is 0. The molecule has 1 amide bonds. The number of hydrogen-bond donors (Lipinski definition) is 1. The third kappa shape index (κ3) is 5.59. The Balaban J connectivity index is 1.51. The molecule has 1 N–H and O–H groups in total. The molecule has 0 unspecified atom stereocenters. The molecule has 0 bridgehead atoms. The molecular formula is C21H26N2O2. The van der Waals surface area contributed by atoms with Crippen molar-refractivity contribution in [1.29, 1.82) is 0 Å². The summed E-state index contributed by atoms with van der Waals surface area (Å²) in [7, 11) is 0. The van der Waals surface area contributed by atoms with Crippen molar-refractivity contribution in [2.45, 2.75) is 57.6 Å². The molecule has 1 aromatic heterocycles. The van der Waals surface area contributed by atoms with E-state index in [1.807, 2.05) is 36.4 Å². The van der Waals surface area contributed by atoms with E-state index >= 15 is 0 Å². The van der Waals surface area contributed by atoms with Gasteiger partial charge in [0, 0.05) is 29.6 Å². The van der Waals surface area contributed by atoms with Gasteiger partial charge < -0.3 is 10.1 Å². The standard InChI is InChI=1S/C21H26N2O2/c24-21(23-19-8-4-2-1-3-5-9-19)18-10-12-20(13-11-18)25-16-17-7-6-14-22-15-17/h6-7,10-15,19H,1-5,8-9,16H2,(H,23,24). The lowest BCUT2D eigenvalue weighted by Crippen LogP contribution is -2.35. The van der Waals surface area contributed by atoms with Crippen LogP contribution in [0.5, 0.6) is 5.75 Å². The van der Waals surface area contributed by atoms with Gasteiger partial charge >= 0.3 is 0 Å². The normalized spacial score (nSPS) is 15.8. The van der Waals surface area contributed by atoms with Crippen molar-refractivity contribution in [2.24, 2.45) is 0 Å². The van der Waals surface area contributed by atoms with Crippen molar-refractivity contribution in [3.05, 3.63) is 59.9 Å². The van der Waals surface area contributed by atoms with Crippen molar-refractivity contribution in [3.8, 4) is 5.75 Å². The van der Waals surface area contributed by atoms with E-state index in [1.165, 1.54) is 32.1 Å². The van der Waals surface area contributed by atoms with Crippen molar-refractivity contribution in [1.82, 2.24) is 10.3 Å². The van der Waals surface area contributed by atoms with Gasteiger partial charge in [0.1, 0.15) is 12.4 Å². The van der Waals surface area contributed by atoms with E-state index in [4.69, 9.17) is 4.74 Å². The molecule has 1 aliphatic rings. The molecule has 1 aliphatic carbocycles. The van der Waals surface area contributed by atoms with Gasteiger partial charge in [-0.25, -0.2) is 0 Å². The number of pyridine rings is 1. The van der Waals surface area contributed by atoms with Gasteiger partial charge in [-0.3, -0.25) is 9.78 Å². The molecule has 1 aromatic carbocycles. The number of benzene rings is 1. The quantitative estimate of drug-likeness (QED) is 0.873. The molecule has 0 radical (unpaired) electrons. The average Bonchev–Trinajstić information content (AvgIpc) is 2.63. The molecular weight excluding hydrogens is 312 g/mol. The maximum Gasteiger partial charge on any atom is 0.251 e. The van der Waals surface area contributed by atoms with Crippen LogP contribution < -0.4 is 10.1 Å². The van der Waals surface area contributed by atoms with Crippen LogP contribution in [0.1, 0.15) is 60.9 Å². The van der Waals surface area contributed by atoms with E-state index in [2.05, 4.69) is 10.3 Å². The number of carbonyl (C=O) groups excluding carboxylic acids is 1. The van der Waals surface area contributed by atoms with Gasteiger partial charge in [-0.1, -0.05) is 38.2 Å². The van der Waals surface area contributed by atoms with Gasteiger partial charge in [0.2, 0.25) is 0 Å². The number of aromatic nitrogens is 1. The third-order valence-electron chi connectivity index (χ3n) is 4.69. The lowest BCUT2D eigenvalue weighted by molar-refractivity contribution is 0.0930. The minimum Gasteiger partial charge on any atom is -0.489 e. The van der Waals surface area contributed by atoms with Gasteiger partial charge in [-0.15, -0.1) is 0 Å². The molecule has 0 saturated heterocycles. The second kappa shape index (κ2) is 9.21. The second-order valence-corrected chi connectivity index (χ2v) is 6.69. The van der Waals surface area contributed by atoms with Crippen molar-refractivity contribution in [3.63, 3.8) is 0 Å². The Labute approximate surface area is 149 Å². The fraction of sp³-hybridized carbons (Fsp3) is 0.429. The molecule has 1 heterocycles. The first kappa shape index (κ1) is 17.5. The zero-order valence-electron chi connectivity index (χ0n) is 14.6. The molecule has 132 valence electrons. The molecule has 2 aromatic rings. The van der Waals surface area contributed by atoms with Crippen LogP contribution >= 0.6 is 0 Å². The third-order valence-corrected chi connectivity index (χ3v) is 4.69. The molecule has 3 rings (SSSR count). The highest BCUT2D eigenvalue weighted by Gasteiger charge is 2.15. The highest BCUT2D eigenvalue weighted by molar-refractivity contribution is 5.94. The number of rotatable bonds is 5. The predicted octanol–water partition coefficient (Wildman–Crippen LogP) is 4.50. The SMILES string of the molecule is O=C(NC1CCCCCCC1)c1ccc(OCc2cccnc2)cc1. The molecule has 4 nitrogen and oxygen atoms in total. The summed E-state index contributed by atoms with van der Waals surface area (Å²) in [5.74, 6) is 0.774. The Kier molecular flexibility index (Phi) is 6.43. The first-order valence-electron chi connectivity index (χ1n) is 9.24. The zero-order valence-corrected chi connectivity index (χ0v) is 14.6. The maximum atomic E-state index is 12.4. The van der Waals surface area contributed by atoms with Crippen LogP contribution in [0.25, 0.3) is 0 Å². The van der Waals surface area contributed by atoms with E-state index in [0.29, 0.717) is 18.2 Å². The highest BCUT2D eigenvalue weighted by atomic mass is 16.5. The molecule has 25 heavy (non-hydrogen) atoms. The molecule has 0 atom stereocenters. The number of ether oxygens (including phenoxy) is 1. The van der Waals surface area contributed by atoms with Crippen LogP contribution in [0.2, 0.25) is 0 Å². The molecule has 4 heteroatoms. The van der Waals surface area contributed by atoms with Gasteiger partial charge in [0.15, 0.2) is 0 Å². The minimum atomic E-state index is 0.0179. The molecule has 1 saturated carbocycles. The van der Waals surface area contributed by atoms with Crippen LogP contribution in [0, 0.1) is 0 Å². The number of hydrogen-bond acceptors (Lipinski definition) is 3. The smallest absolute Gasteiger partial charge is 0.251 e. The second-order valence-electron chi connectivity index (χ2n) is 6.69. The zero-order chi connectivity index (χ0) is 17.3. The van der Waals surface area contributed by atoms with Crippen molar-refractivity contribution >= 4 is 5.91 Å². The summed E-state index contributed by atoms with van der Waals surface area (Å²) in [6, 6.07) is 11.5. The van der Waals surface area contributed by atoms with Crippen LogP contribution in [-0.4, -0.2) is 16.9 Å².